The number of nitrogens with zero attached hydrogens (tertiary/aromatic N) is 1. The molecule has 0 atom stereocenters. The van der Waals surface area contributed by atoms with Gasteiger partial charge in [-0.2, -0.15) is 0 Å². The second kappa shape index (κ2) is 8.57. The van der Waals surface area contributed by atoms with E-state index in [2.05, 4.69) is 24.1 Å². The summed E-state index contributed by atoms with van der Waals surface area (Å²) in [5.41, 5.74) is 0. The van der Waals surface area contributed by atoms with Crippen LogP contribution < -0.4 is 5.32 Å². The fourth-order valence-corrected chi connectivity index (χ4v) is 1.89. The van der Waals surface area contributed by atoms with Gasteiger partial charge in [-0.05, 0) is 26.7 Å². The molecule has 1 rings (SSSR count). The molecule has 0 aromatic carbocycles. The van der Waals surface area contributed by atoms with Crippen molar-refractivity contribution >= 4 is 5.91 Å². The molecule has 1 amide bonds. The number of nitrogens with one attached hydrogen (secondary N) is 1. The van der Waals surface area contributed by atoms with E-state index >= 15 is 0 Å². The van der Waals surface area contributed by atoms with Crippen LogP contribution in [0.1, 0.15) is 55.3 Å². The maximum atomic E-state index is 11.2. The summed E-state index contributed by atoms with van der Waals surface area (Å²) in [7, 11) is 0. The van der Waals surface area contributed by atoms with Crippen LogP contribution in [0.2, 0.25) is 0 Å². The first-order chi connectivity index (χ1) is 7.63. The summed E-state index contributed by atoms with van der Waals surface area (Å²) in [4.78, 5) is 13.6. The van der Waals surface area contributed by atoms with Gasteiger partial charge in [0.15, 0.2) is 0 Å². The maximum Gasteiger partial charge on any atom is 0.219 e. The minimum absolute atomic E-state index is 0. The number of piperidine rings is 1. The van der Waals surface area contributed by atoms with Crippen LogP contribution in [0.4, 0.5) is 0 Å². The van der Waals surface area contributed by atoms with E-state index < -0.39 is 0 Å². The molecule has 1 aliphatic heterocycles. The Bertz CT molecular complexity index is 190. The Labute approximate surface area is 102 Å². The van der Waals surface area contributed by atoms with Crippen molar-refractivity contribution in [3.05, 3.63) is 0 Å². The van der Waals surface area contributed by atoms with Crippen LogP contribution in [0, 0.1) is 0 Å². The molecule has 0 aromatic heterocycles. The average molecular weight is 230 g/mol. The number of hydrogen-bond donors (Lipinski definition) is 1. The highest BCUT2D eigenvalue weighted by molar-refractivity contribution is 5.75. The molecule has 0 radical (unpaired) electrons. The molecule has 1 saturated heterocycles. The standard InChI is InChI=1S/C11H22N2O.C2H6.H2/c1-4-11(14)12-10-5-7-13(8-6-10)9(2)3;1-2;/h9-10H,4-8H2,1-3H3,(H,12,14);1-2H3;1H. The first-order valence-electron chi connectivity index (χ1n) is 6.67. The Balaban J connectivity index is 0. The van der Waals surface area contributed by atoms with Gasteiger partial charge in [0, 0.05) is 33.0 Å². The highest BCUT2D eigenvalue weighted by Gasteiger charge is 2.21. The third-order valence-electron chi connectivity index (χ3n) is 2.95. The molecule has 98 valence electrons. The minimum atomic E-state index is 0. The molecular weight excluding hydrogens is 200 g/mol. The van der Waals surface area contributed by atoms with Gasteiger partial charge in [-0.15, -0.1) is 0 Å². The predicted octanol–water partition coefficient (Wildman–Crippen LogP) is 2.66. The smallest absolute Gasteiger partial charge is 0.219 e. The SMILES string of the molecule is CC.CCC(=O)NC1CCN(C(C)C)CC1.[HH]. The second-order valence-electron chi connectivity index (χ2n) is 4.33. The molecule has 3 nitrogen and oxygen atoms in total. The number of rotatable bonds is 3. The molecule has 1 heterocycles. The zero-order chi connectivity index (χ0) is 12.6. The average Bonchev–Trinajstić information content (AvgIpc) is 2.32. The van der Waals surface area contributed by atoms with Gasteiger partial charge in [-0.25, -0.2) is 0 Å². The van der Waals surface area contributed by atoms with E-state index in [9.17, 15) is 4.79 Å². The van der Waals surface area contributed by atoms with E-state index in [0.717, 1.165) is 25.9 Å². The van der Waals surface area contributed by atoms with Gasteiger partial charge in [-0.1, -0.05) is 20.8 Å². The predicted molar refractivity (Wildman–Crippen MR) is 71.6 cm³/mol. The van der Waals surface area contributed by atoms with Gasteiger partial charge in [0.25, 0.3) is 0 Å². The molecule has 0 unspecified atom stereocenters. The van der Waals surface area contributed by atoms with Crippen LogP contribution in [0.5, 0.6) is 0 Å². The topological polar surface area (TPSA) is 32.3 Å². The molecular formula is C13H30N2O. The van der Waals surface area contributed by atoms with E-state index in [0.29, 0.717) is 18.5 Å². The summed E-state index contributed by atoms with van der Waals surface area (Å²) >= 11 is 0. The van der Waals surface area contributed by atoms with Gasteiger partial charge in [-0.3, -0.25) is 4.79 Å². The lowest BCUT2D eigenvalue weighted by Crippen LogP contribution is -2.46. The van der Waals surface area contributed by atoms with Crippen molar-refractivity contribution < 1.29 is 6.22 Å². The van der Waals surface area contributed by atoms with E-state index in [-0.39, 0.29) is 7.33 Å². The third-order valence-corrected chi connectivity index (χ3v) is 2.95. The molecule has 0 spiro atoms. The first-order valence-corrected chi connectivity index (χ1v) is 6.67. The lowest BCUT2D eigenvalue weighted by molar-refractivity contribution is -0.121. The quantitative estimate of drug-likeness (QED) is 0.808. The molecule has 1 aliphatic rings. The van der Waals surface area contributed by atoms with Crippen LogP contribution in [0.15, 0.2) is 0 Å². The van der Waals surface area contributed by atoms with Crippen molar-refractivity contribution in [3.63, 3.8) is 0 Å². The molecule has 16 heavy (non-hydrogen) atoms. The Kier molecular flexibility index (Phi) is 8.26. The van der Waals surface area contributed by atoms with E-state index in [4.69, 9.17) is 0 Å². The van der Waals surface area contributed by atoms with Crippen LogP contribution in [0.3, 0.4) is 0 Å². The molecule has 0 aliphatic carbocycles. The fraction of sp³-hybridized carbons (Fsp3) is 0.923. The van der Waals surface area contributed by atoms with Crippen LogP contribution in [0.25, 0.3) is 0 Å². The van der Waals surface area contributed by atoms with Crippen molar-refractivity contribution in [1.29, 1.82) is 0 Å². The largest absolute Gasteiger partial charge is 0.353 e. The lowest BCUT2D eigenvalue weighted by Gasteiger charge is -2.34. The van der Waals surface area contributed by atoms with Gasteiger partial charge in [0.05, 0.1) is 0 Å². The number of likely N-dealkylation sites (tertiary alicyclic amines) is 1. The summed E-state index contributed by atoms with van der Waals surface area (Å²) in [6.45, 7) is 12.6. The van der Waals surface area contributed by atoms with Gasteiger partial charge >= 0.3 is 0 Å². The Morgan fingerprint density at radius 3 is 2.25 bits per heavy atom. The van der Waals surface area contributed by atoms with Crippen molar-refractivity contribution in [2.45, 2.75) is 66.0 Å². The number of hydrogen-bond acceptors (Lipinski definition) is 2. The molecule has 0 aromatic rings. The normalized spacial score (nSPS) is 17.9. The monoisotopic (exact) mass is 230 g/mol. The van der Waals surface area contributed by atoms with Crippen molar-refractivity contribution in [3.8, 4) is 0 Å². The van der Waals surface area contributed by atoms with Crippen molar-refractivity contribution in [1.82, 2.24) is 10.2 Å². The number of carbonyl (C=O) groups excluding carboxylic acids is 1. The van der Waals surface area contributed by atoms with Crippen LogP contribution in [-0.4, -0.2) is 36.0 Å². The fourth-order valence-electron chi connectivity index (χ4n) is 1.89. The van der Waals surface area contributed by atoms with E-state index in [1.165, 1.54) is 0 Å². The minimum Gasteiger partial charge on any atom is -0.353 e. The Morgan fingerprint density at radius 2 is 1.88 bits per heavy atom. The van der Waals surface area contributed by atoms with E-state index in [1.54, 1.807) is 0 Å². The van der Waals surface area contributed by atoms with Gasteiger partial charge in [0.1, 0.15) is 0 Å². The van der Waals surface area contributed by atoms with E-state index in [1.807, 2.05) is 20.8 Å². The molecule has 3 heteroatoms. The summed E-state index contributed by atoms with van der Waals surface area (Å²) in [6.07, 6.45) is 2.80. The number of amides is 1. The number of carbonyl (C=O) groups is 1. The van der Waals surface area contributed by atoms with Crippen molar-refractivity contribution in [2.24, 2.45) is 0 Å². The molecule has 0 bridgehead atoms. The second-order valence-corrected chi connectivity index (χ2v) is 4.33. The first kappa shape index (κ1) is 15.4. The van der Waals surface area contributed by atoms with Crippen molar-refractivity contribution in [2.75, 3.05) is 13.1 Å². The highest BCUT2D eigenvalue weighted by Crippen LogP contribution is 2.12. The maximum absolute atomic E-state index is 11.2. The molecule has 1 fully saturated rings. The summed E-state index contributed by atoms with van der Waals surface area (Å²) in [6, 6.07) is 1.05. The van der Waals surface area contributed by atoms with Gasteiger partial charge in [0.2, 0.25) is 5.91 Å². The summed E-state index contributed by atoms with van der Waals surface area (Å²) in [5.74, 6) is 0.188. The Morgan fingerprint density at radius 1 is 1.38 bits per heavy atom. The van der Waals surface area contributed by atoms with Gasteiger partial charge < -0.3 is 10.2 Å². The zero-order valence-electron chi connectivity index (χ0n) is 11.5. The van der Waals surface area contributed by atoms with Crippen LogP contribution >= 0.6 is 0 Å². The highest BCUT2D eigenvalue weighted by atomic mass is 16.1. The summed E-state index contributed by atoms with van der Waals surface area (Å²) < 4.78 is 0. The molecule has 1 N–H and O–H groups in total. The molecule has 0 saturated carbocycles. The zero-order valence-corrected chi connectivity index (χ0v) is 11.5. The van der Waals surface area contributed by atoms with Crippen LogP contribution in [-0.2, 0) is 4.79 Å². The summed E-state index contributed by atoms with van der Waals surface area (Å²) in [5, 5.41) is 3.06. The third kappa shape index (κ3) is 5.50. The Hall–Kier alpha value is -0.570. The lowest BCUT2D eigenvalue weighted by atomic mass is 10.0.